The average molecular weight is 351 g/mol. The van der Waals surface area contributed by atoms with E-state index in [9.17, 15) is 9.59 Å². The third-order valence-electron chi connectivity index (χ3n) is 6.39. The summed E-state index contributed by atoms with van der Waals surface area (Å²) in [5.41, 5.74) is -2.51. The zero-order chi connectivity index (χ0) is 18.6. The van der Waals surface area contributed by atoms with Gasteiger partial charge < -0.3 is 4.74 Å². The summed E-state index contributed by atoms with van der Waals surface area (Å²) in [4.78, 5) is 36.5. The van der Waals surface area contributed by atoms with Gasteiger partial charge in [0.1, 0.15) is 11.6 Å². The summed E-state index contributed by atoms with van der Waals surface area (Å²) in [6.07, 6.45) is 4.38. The predicted octanol–water partition coefficient (Wildman–Crippen LogP) is 3.26. The number of amides is 1. The third-order valence-corrected chi connectivity index (χ3v) is 6.39. The molecule has 1 amide bonds. The van der Waals surface area contributed by atoms with Gasteiger partial charge in [-0.2, -0.15) is 0 Å². The van der Waals surface area contributed by atoms with E-state index in [0.717, 1.165) is 0 Å². The molecule has 0 unspecified atom stereocenters. The predicted molar refractivity (Wildman–Crippen MR) is 95.6 cm³/mol. The summed E-state index contributed by atoms with van der Waals surface area (Å²) < 4.78 is 5.77. The Balaban J connectivity index is 1.86. The van der Waals surface area contributed by atoms with E-state index in [1.54, 1.807) is 36.7 Å². The molecule has 6 heteroatoms. The van der Waals surface area contributed by atoms with Gasteiger partial charge in [0.25, 0.3) is 5.91 Å². The van der Waals surface area contributed by atoms with Crippen molar-refractivity contribution >= 4 is 23.5 Å². The highest BCUT2D eigenvalue weighted by molar-refractivity contribution is 6.08. The minimum Gasteiger partial charge on any atom is -0.448 e. The standard InChI is InChI=1S/C20H21N3O3/c1-18(2)19(3)10-11-20(18,26-17(19)25)16(24)23(14-8-4-6-12-21-14)15-9-5-7-13-22-15/h4-9,12-13H,10-11H2,1-3H3/t19-,20-/m0/s1. The lowest BCUT2D eigenvalue weighted by molar-refractivity contribution is -0.166. The van der Waals surface area contributed by atoms with Gasteiger partial charge in [0.2, 0.25) is 0 Å². The number of hydrogen-bond donors (Lipinski definition) is 0. The Bertz CT molecular complexity index is 829. The zero-order valence-corrected chi connectivity index (χ0v) is 15.1. The number of fused-ring (bicyclic) bond motifs is 2. The molecular formula is C20H21N3O3. The van der Waals surface area contributed by atoms with Gasteiger partial charge in [-0.15, -0.1) is 0 Å². The van der Waals surface area contributed by atoms with Crippen molar-refractivity contribution in [1.29, 1.82) is 0 Å². The molecule has 2 aromatic heterocycles. The van der Waals surface area contributed by atoms with Crippen LogP contribution in [0.25, 0.3) is 0 Å². The molecule has 2 aliphatic rings. The molecule has 26 heavy (non-hydrogen) atoms. The second kappa shape index (κ2) is 5.37. The fourth-order valence-electron chi connectivity index (χ4n) is 4.20. The molecule has 4 rings (SSSR count). The highest BCUT2D eigenvalue weighted by Gasteiger charge is 2.76. The van der Waals surface area contributed by atoms with Crippen molar-refractivity contribution in [1.82, 2.24) is 9.97 Å². The van der Waals surface area contributed by atoms with Crippen LogP contribution in [0.4, 0.5) is 11.6 Å². The molecule has 2 fully saturated rings. The average Bonchev–Trinajstić information content (AvgIpc) is 2.94. The van der Waals surface area contributed by atoms with E-state index in [1.165, 1.54) is 4.90 Å². The number of ether oxygens (including phenoxy) is 1. The molecule has 0 aromatic carbocycles. The molecule has 2 aromatic rings. The van der Waals surface area contributed by atoms with Crippen LogP contribution >= 0.6 is 0 Å². The molecule has 1 saturated heterocycles. The number of hydrogen-bond acceptors (Lipinski definition) is 5. The number of rotatable bonds is 3. The molecule has 1 saturated carbocycles. The van der Waals surface area contributed by atoms with Crippen LogP contribution in [0.1, 0.15) is 33.6 Å². The summed E-state index contributed by atoms with van der Waals surface area (Å²) >= 11 is 0. The molecule has 0 N–H and O–H groups in total. The van der Waals surface area contributed by atoms with Crippen LogP contribution in [0.5, 0.6) is 0 Å². The Morgan fingerprint density at radius 2 is 1.58 bits per heavy atom. The topological polar surface area (TPSA) is 72.4 Å². The van der Waals surface area contributed by atoms with E-state index in [2.05, 4.69) is 9.97 Å². The van der Waals surface area contributed by atoms with Gasteiger partial charge in [-0.3, -0.25) is 9.59 Å². The maximum absolute atomic E-state index is 13.8. The van der Waals surface area contributed by atoms with Gasteiger partial charge in [-0.1, -0.05) is 26.0 Å². The minimum absolute atomic E-state index is 0.297. The van der Waals surface area contributed by atoms with Crippen LogP contribution in [0, 0.1) is 10.8 Å². The van der Waals surface area contributed by atoms with Crippen molar-refractivity contribution in [2.45, 2.75) is 39.2 Å². The van der Waals surface area contributed by atoms with Crippen molar-refractivity contribution in [2.24, 2.45) is 10.8 Å². The van der Waals surface area contributed by atoms with Gasteiger partial charge in [-0.25, -0.2) is 14.9 Å². The molecule has 134 valence electrons. The minimum atomic E-state index is -1.21. The number of carbonyl (C=O) groups is 2. The fourth-order valence-corrected chi connectivity index (χ4v) is 4.20. The van der Waals surface area contributed by atoms with Gasteiger partial charge in [-0.05, 0) is 44.0 Å². The number of esters is 1. The first-order valence-electron chi connectivity index (χ1n) is 8.74. The van der Waals surface area contributed by atoms with E-state index in [4.69, 9.17) is 4.74 Å². The zero-order valence-electron chi connectivity index (χ0n) is 15.1. The van der Waals surface area contributed by atoms with Crippen LogP contribution in [-0.4, -0.2) is 27.4 Å². The quantitative estimate of drug-likeness (QED) is 0.794. The van der Waals surface area contributed by atoms with Gasteiger partial charge >= 0.3 is 5.97 Å². The van der Waals surface area contributed by atoms with Crippen molar-refractivity contribution < 1.29 is 14.3 Å². The first kappa shape index (κ1) is 16.7. The summed E-state index contributed by atoms with van der Waals surface area (Å²) in [6.45, 7) is 5.78. The Labute approximate surface area is 152 Å². The van der Waals surface area contributed by atoms with Gasteiger partial charge in [0.15, 0.2) is 5.60 Å². The molecule has 1 aliphatic carbocycles. The fraction of sp³-hybridized carbons (Fsp3) is 0.400. The van der Waals surface area contributed by atoms with Crippen molar-refractivity contribution in [2.75, 3.05) is 4.90 Å². The molecule has 2 atom stereocenters. The summed E-state index contributed by atoms with van der Waals surface area (Å²) in [6, 6.07) is 10.7. The molecular weight excluding hydrogens is 330 g/mol. The lowest BCUT2D eigenvalue weighted by Gasteiger charge is -2.38. The first-order chi connectivity index (χ1) is 12.3. The van der Waals surface area contributed by atoms with Crippen LogP contribution in [0.15, 0.2) is 48.8 Å². The highest BCUT2D eigenvalue weighted by Crippen LogP contribution is 2.66. The summed E-state index contributed by atoms with van der Waals surface area (Å²) in [5.74, 6) is 0.314. The normalized spacial score (nSPS) is 28.7. The Hall–Kier alpha value is -2.76. The monoisotopic (exact) mass is 351 g/mol. The Morgan fingerprint density at radius 1 is 1.00 bits per heavy atom. The maximum atomic E-state index is 13.8. The van der Waals surface area contributed by atoms with E-state index in [-0.39, 0.29) is 11.9 Å². The largest absolute Gasteiger partial charge is 0.448 e. The molecule has 1 aliphatic heterocycles. The second-order valence-electron chi connectivity index (χ2n) is 7.69. The lowest BCUT2D eigenvalue weighted by Crippen LogP contribution is -2.54. The number of aromatic nitrogens is 2. The maximum Gasteiger partial charge on any atom is 0.313 e. The Kier molecular flexibility index (Phi) is 3.45. The summed E-state index contributed by atoms with van der Waals surface area (Å²) in [5, 5.41) is 0. The van der Waals surface area contributed by atoms with Crippen molar-refractivity contribution in [3.8, 4) is 0 Å². The van der Waals surface area contributed by atoms with E-state index >= 15 is 0 Å². The first-order valence-corrected chi connectivity index (χ1v) is 8.74. The number of pyridine rings is 2. The van der Waals surface area contributed by atoms with E-state index in [1.807, 2.05) is 32.9 Å². The van der Waals surface area contributed by atoms with Gasteiger partial charge in [0.05, 0.1) is 5.41 Å². The van der Waals surface area contributed by atoms with E-state index in [0.29, 0.717) is 24.5 Å². The Morgan fingerprint density at radius 3 is 1.96 bits per heavy atom. The molecule has 6 nitrogen and oxygen atoms in total. The van der Waals surface area contributed by atoms with Crippen LogP contribution in [0.2, 0.25) is 0 Å². The third kappa shape index (κ3) is 1.92. The number of anilines is 2. The lowest BCUT2D eigenvalue weighted by atomic mass is 9.66. The van der Waals surface area contributed by atoms with Gasteiger partial charge in [0, 0.05) is 17.8 Å². The second-order valence-corrected chi connectivity index (χ2v) is 7.69. The molecule has 3 heterocycles. The molecule has 0 radical (unpaired) electrons. The summed E-state index contributed by atoms with van der Waals surface area (Å²) in [7, 11) is 0. The molecule has 0 spiro atoms. The van der Waals surface area contributed by atoms with Crippen molar-refractivity contribution in [3.05, 3.63) is 48.8 Å². The van der Waals surface area contributed by atoms with Crippen molar-refractivity contribution in [3.63, 3.8) is 0 Å². The van der Waals surface area contributed by atoms with Crippen LogP contribution in [-0.2, 0) is 14.3 Å². The molecule has 2 bridgehead atoms. The van der Waals surface area contributed by atoms with Crippen LogP contribution in [0.3, 0.4) is 0 Å². The van der Waals surface area contributed by atoms with E-state index < -0.39 is 16.4 Å². The highest BCUT2D eigenvalue weighted by atomic mass is 16.6. The smallest absolute Gasteiger partial charge is 0.313 e. The SMILES string of the molecule is CC1(C)[C@@]2(C)CC[C@@]1(C(=O)N(c1ccccn1)c1ccccn1)OC2=O. The number of nitrogens with zero attached hydrogens (tertiary/aromatic N) is 3. The number of carbonyl (C=O) groups excluding carboxylic acids is 2. The van der Waals surface area contributed by atoms with Crippen LogP contribution < -0.4 is 4.90 Å².